The van der Waals surface area contributed by atoms with E-state index in [-0.39, 0.29) is 36.4 Å². The Morgan fingerprint density at radius 3 is 2.78 bits per heavy atom. The number of benzene rings is 1. The summed E-state index contributed by atoms with van der Waals surface area (Å²) in [4.78, 5) is 22.9. The average molecular weight is 568 g/mol. The van der Waals surface area contributed by atoms with Crippen LogP contribution in [-0.2, 0) is 24.3 Å². The molecule has 0 spiro atoms. The van der Waals surface area contributed by atoms with Gasteiger partial charge in [0.1, 0.15) is 0 Å². The lowest BCUT2D eigenvalue weighted by Crippen LogP contribution is -2.52. The van der Waals surface area contributed by atoms with Crippen LogP contribution in [0.5, 0.6) is 0 Å². The fourth-order valence-electron chi connectivity index (χ4n) is 4.53. The Morgan fingerprint density at radius 2 is 2.03 bits per heavy atom. The number of guanidine groups is 1. The molecule has 1 aromatic heterocycles. The zero-order valence-electron chi connectivity index (χ0n) is 18.9. The van der Waals surface area contributed by atoms with Crippen LogP contribution >= 0.6 is 35.3 Å². The van der Waals surface area contributed by atoms with Crippen molar-refractivity contribution in [3.8, 4) is 0 Å². The third-order valence-electron chi connectivity index (χ3n) is 6.37. The van der Waals surface area contributed by atoms with E-state index in [9.17, 15) is 4.79 Å². The van der Waals surface area contributed by atoms with Gasteiger partial charge in [0.05, 0.1) is 6.54 Å². The number of fused-ring (bicyclic) bond motifs is 1. The second-order valence-corrected chi connectivity index (χ2v) is 9.53. The highest BCUT2D eigenvalue weighted by Gasteiger charge is 2.26. The second-order valence-electron chi connectivity index (χ2n) is 8.53. The summed E-state index contributed by atoms with van der Waals surface area (Å²) in [5.74, 6) is 0.848. The van der Waals surface area contributed by atoms with Gasteiger partial charge in [-0.05, 0) is 48.8 Å². The largest absolute Gasteiger partial charge is 0.354 e. The molecule has 4 rings (SSSR count). The van der Waals surface area contributed by atoms with Gasteiger partial charge in [-0.2, -0.15) is 0 Å². The van der Waals surface area contributed by atoms with Crippen molar-refractivity contribution >= 4 is 47.2 Å². The zero-order chi connectivity index (χ0) is 21.6. The highest BCUT2D eigenvalue weighted by Crippen LogP contribution is 2.24. The summed E-state index contributed by atoms with van der Waals surface area (Å²) in [5, 5.41) is 8.89. The van der Waals surface area contributed by atoms with Gasteiger partial charge < -0.3 is 15.5 Å². The number of aliphatic imine (C=N–C) groups is 1. The second kappa shape index (κ2) is 12.0. The highest BCUT2D eigenvalue weighted by molar-refractivity contribution is 14.0. The maximum absolute atomic E-state index is 12.7. The van der Waals surface area contributed by atoms with E-state index in [0.29, 0.717) is 12.1 Å². The third-order valence-corrected chi connectivity index (χ3v) is 7.40. The summed E-state index contributed by atoms with van der Waals surface area (Å²) in [6.07, 6.45) is 3.10. The third kappa shape index (κ3) is 6.45. The topological polar surface area (TPSA) is 60.0 Å². The molecule has 0 aliphatic carbocycles. The molecule has 2 aromatic rings. The number of amides is 1. The van der Waals surface area contributed by atoms with Crippen LogP contribution in [0.1, 0.15) is 35.8 Å². The fourth-order valence-corrected chi connectivity index (χ4v) is 5.41. The van der Waals surface area contributed by atoms with Crippen LogP contribution in [0.2, 0.25) is 0 Å². The van der Waals surface area contributed by atoms with Crippen LogP contribution in [0, 0.1) is 0 Å². The van der Waals surface area contributed by atoms with Crippen molar-refractivity contribution in [3.05, 3.63) is 57.8 Å². The van der Waals surface area contributed by atoms with E-state index in [1.165, 1.54) is 16.0 Å². The number of nitrogens with zero attached hydrogens (tertiary/aromatic N) is 3. The van der Waals surface area contributed by atoms with Crippen LogP contribution in [0.3, 0.4) is 0 Å². The van der Waals surface area contributed by atoms with E-state index in [1.807, 2.05) is 4.90 Å². The van der Waals surface area contributed by atoms with Gasteiger partial charge in [-0.25, -0.2) is 0 Å². The van der Waals surface area contributed by atoms with Crippen molar-refractivity contribution in [1.82, 2.24) is 20.4 Å². The van der Waals surface area contributed by atoms with Crippen molar-refractivity contribution < 1.29 is 4.79 Å². The molecule has 2 atom stereocenters. The van der Waals surface area contributed by atoms with Gasteiger partial charge in [-0.1, -0.05) is 30.3 Å². The Labute approximate surface area is 212 Å². The van der Waals surface area contributed by atoms with E-state index in [2.05, 4.69) is 69.2 Å². The molecule has 2 N–H and O–H groups in total. The van der Waals surface area contributed by atoms with E-state index in [0.717, 1.165) is 51.4 Å². The minimum absolute atomic E-state index is 0. The normalized spacial score (nSPS) is 21.4. The molecule has 1 aromatic carbocycles. The first-order valence-electron chi connectivity index (χ1n) is 11.2. The maximum atomic E-state index is 12.7. The number of carbonyl (C=O) groups excluding carboxylic acids is 1. The number of piperidine rings is 1. The molecule has 0 bridgehead atoms. The predicted molar refractivity (Wildman–Crippen MR) is 143 cm³/mol. The van der Waals surface area contributed by atoms with Gasteiger partial charge in [0.2, 0.25) is 5.91 Å². The minimum Gasteiger partial charge on any atom is -0.354 e. The van der Waals surface area contributed by atoms with Crippen LogP contribution in [0.4, 0.5) is 0 Å². The van der Waals surface area contributed by atoms with Crippen molar-refractivity contribution in [3.63, 3.8) is 0 Å². The molecule has 1 fully saturated rings. The van der Waals surface area contributed by atoms with Crippen molar-refractivity contribution in [2.24, 2.45) is 4.99 Å². The molecule has 2 aliphatic rings. The molecule has 6 nitrogen and oxygen atoms in total. The molecule has 2 aliphatic heterocycles. The number of thiophene rings is 1. The summed E-state index contributed by atoms with van der Waals surface area (Å²) >= 11 is 1.79. The van der Waals surface area contributed by atoms with E-state index >= 15 is 0 Å². The number of carbonyl (C=O) groups is 1. The molecule has 8 heteroatoms. The molecule has 1 saturated heterocycles. The number of hydrogen-bond acceptors (Lipinski definition) is 4. The first-order chi connectivity index (χ1) is 15.1. The van der Waals surface area contributed by atoms with Crippen molar-refractivity contribution in [1.29, 1.82) is 0 Å². The minimum atomic E-state index is 0. The molecule has 0 saturated carbocycles. The summed E-state index contributed by atoms with van der Waals surface area (Å²) < 4.78 is 0. The molecule has 174 valence electrons. The van der Waals surface area contributed by atoms with Gasteiger partial charge >= 0.3 is 0 Å². The van der Waals surface area contributed by atoms with Gasteiger partial charge in [0.15, 0.2) is 5.96 Å². The lowest BCUT2D eigenvalue weighted by atomic mass is 9.97. The number of likely N-dealkylation sites (tertiary alicyclic amines) is 1. The Balaban J connectivity index is 0.00000289. The van der Waals surface area contributed by atoms with Gasteiger partial charge in [0.25, 0.3) is 0 Å². The van der Waals surface area contributed by atoms with Crippen LogP contribution in [0.15, 0.2) is 46.8 Å². The Hall–Kier alpha value is -1.65. The summed E-state index contributed by atoms with van der Waals surface area (Å²) in [6, 6.07) is 13.7. The van der Waals surface area contributed by atoms with Crippen molar-refractivity contribution in [2.75, 3.05) is 26.7 Å². The lowest BCUT2D eigenvalue weighted by Gasteiger charge is -2.38. The average Bonchev–Trinajstić information content (AvgIpc) is 3.27. The number of nitrogens with one attached hydrogen (secondary N) is 2. The number of rotatable bonds is 5. The van der Waals surface area contributed by atoms with Crippen LogP contribution < -0.4 is 10.6 Å². The smallest absolute Gasteiger partial charge is 0.242 e. The van der Waals surface area contributed by atoms with Gasteiger partial charge in [-0.3, -0.25) is 14.7 Å². The molecule has 2 unspecified atom stereocenters. The Morgan fingerprint density at radius 1 is 1.22 bits per heavy atom. The number of halogens is 1. The SMILES string of the molecule is CN=C(NCC(=O)N1CCc2sccc2C1)NC1CCN(Cc2ccccc2)C(C)C1.I. The standard InChI is InChI=1S/C24H33N5OS.HI/c1-18-14-21(8-11-28(18)16-19-6-4-3-5-7-19)27-24(25-2)26-15-23(30)29-12-9-22-20(17-29)10-13-31-22;/h3-7,10,13,18,21H,8-9,11-12,14-17H2,1-2H3,(H2,25,26,27);1H. The summed E-state index contributed by atoms with van der Waals surface area (Å²) in [5.41, 5.74) is 2.66. The molecule has 3 heterocycles. The van der Waals surface area contributed by atoms with E-state index in [1.54, 1.807) is 18.4 Å². The van der Waals surface area contributed by atoms with E-state index in [4.69, 9.17) is 0 Å². The highest BCUT2D eigenvalue weighted by atomic mass is 127. The molecule has 1 amide bonds. The molecular weight excluding hydrogens is 533 g/mol. The quantitative estimate of drug-likeness (QED) is 0.330. The van der Waals surface area contributed by atoms with Crippen LogP contribution in [0.25, 0.3) is 0 Å². The van der Waals surface area contributed by atoms with Gasteiger partial charge in [-0.15, -0.1) is 35.3 Å². The monoisotopic (exact) mass is 567 g/mol. The Bertz CT molecular complexity index is 903. The maximum Gasteiger partial charge on any atom is 0.242 e. The van der Waals surface area contributed by atoms with E-state index < -0.39 is 0 Å². The summed E-state index contributed by atoms with van der Waals surface area (Å²) in [7, 11) is 1.77. The summed E-state index contributed by atoms with van der Waals surface area (Å²) in [6.45, 7) is 6.16. The zero-order valence-corrected chi connectivity index (χ0v) is 22.1. The molecule has 32 heavy (non-hydrogen) atoms. The Kier molecular flexibility index (Phi) is 9.36. The molecular formula is C24H34IN5OS. The van der Waals surface area contributed by atoms with Crippen molar-refractivity contribution in [2.45, 2.75) is 51.4 Å². The fraction of sp³-hybridized carbons (Fsp3) is 0.500. The first kappa shape index (κ1) is 25.0. The number of hydrogen-bond donors (Lipinski definition) is 2. The predicted octanol–water partition coefficient (Wildman–Crippen LogP) is 3.47. The van der Waals surface area contributed by atoms with Crippen LogP contribution in [-0.4, -0.2) is 60.4 Å². The molecule has 0 radical (unpaired) electrons. The first-order valence-corrected chi connectivity index (χ1v) is 12.1. The van der Waals surface area contributed by atoms with Gasteiger partial charge in [0, 0.05) is 50.2 Å². The lowest BCUT2D eigenvalue weighted by molar-refractivity contribution is -0.130.